The van der Waals surface area contributed by atoms with Crippen molar-refractivity contribution in [3.8, 4) is 0 Å². The molecule has 1 aliphatic heterocycles. The second-order valence-corrected chi connectivity index (χ2v) is 6.67. The van der Waals surface area contributed by atoms with Crippen LogP contribution in [0.1, 0.15) is 44.8 Å². The average Bonchev–Trinajstić information content (AvgIpc) is 3.21. The van der Waals surface area contributed by atoms with Gasteiger partial charge in [-0.15, -0.1) is 0 Å². The van der Waals surface area contributed by atoms with Crippen LogP contribution in [0.5, 0.6) is 0 Å². The van der Waals surface area contributed by atoms with E-state index in [0.717, 1.165) is 71.3 Å². The van der Waals surface area contributed by atoms with Gasteiger partial charge in [-0.1, -0.05) is 30.3 Å². The van der Waals surface area contributed by atoms with Gasteiger partial charge in [0.25, 0.3) is 0 Å². The molecule has 1 saturated heterocycles. The molecule has 0 spiro atoms. The van der Waals surface area contributed by atoms with Crippen molar-refractivity contribution >= 4 is 5.96 Å². The first kappa shape index (κ1) is 21.7. The molecule has 1 aliphatic rings. The Morgan fingerprint density at radius 1 is 1.22 bits per heavy atom. The highest BCUT2D eigenvalue weighted by atomic mass is 16.5. The number of guanidine groups is 1. The van der Waals surface area contributed by atoms with Gasteiger partial charge in [-0.3, -0.25) is 4.99 Å². The van der Waals surface area contributed by atoms with E-state index >= 15 is 0 Å². The minimum Gasteiger partial charge on any atom is -0.379 e. The van der Waals surface area contributed by atoms with E-state index in [1.807, 2.05) is 18.2 Å². The summed E-state index contributed by atoms with van der Waals surface area (Å²) in [5.74, 6) is 0.859. The van der Waals surface area contributed by atoms with E-state index in [4.69, 9.17) is 14.2 Å². The van der Waals surface area contributed by atoms with E-state index in [1.165, 1.54) is 5.56 Å². The molecule has 152 valence electrons. The van der Waals surface area contributed by atoms with Gasteiger partial charge in [-0.2, -0.15) is 0 Å². The first-order valence-electron chi connectivity index (χ1n) is 10.2. The predicted octanol–water partition coefficient (Wildman–Crippen LogP) is 2.91. The predicted molar refractivity (Wildman–Crippen MR) is 109 cm³/mol. The minimum absolute atomic E-state index is 0.123. The van der Waals surface area contributed by atoms with E-state index < -0.39 is 0 Å². The maximum Gasteiger partial charge on any atom is 0.191 e. The van der Waals surface area contributed by atoms with E-state index in [1.54, 1.807) is 0 Å². The van der Waals surface area contributed by atoms with Crippen LogP contribution >= 0.6 is 0 Å². The molecular weight excluding hydrogens is 342 g/mol. The van der Waals surface area contributed by atoms with Crippen LogP contribution in [0.4, 0.5) is 0 Å². The minimum atomic E-state index is 0.123. The molecule has 0 radical (unpaired) electrons. The zero-order chi connectivity index (χ0) is 19.2. The van der Waals surface area contributed by atoms with Gasteiger partial charge in [0.15, 0.2) is 5.96 Å². The summed E-state index contributed by atoms with van der Waals surface area (Å²) < 4.78 is 17.0. The molecule has 0 bridgehead atoms. The molecule has 2 rings (SSSR count). The monoisotopic (exact) mass is 377 g/mol. The number of hydrogen-bond acceptors (Lipinski definition) is 4. The fourth-order valence-corrected chi connectivity index (χ4v) is 2.85. The second-order valence-electron chi connectivity index (χ2n) is 6.67. The van der Waals surface area contributed by atoms with Gasteiger partial charge >= 0.3 is 0 Å². The summed E-state index contributed by atoms with van der Waals surface area (Å²) in [5, 5.41) is 6.64. The van der Waals surface area contributed by atoms with Gasteiger partial charge in [-0.05, 0) is 38.7 Å². The molecule has 1 heterocycles. The van der Waals surface area contributed by atoms with Crippen LogP contribution < -0.4 is 10.6 Å². The average molecular weight is 378 g/mol. The van der Waals surface area contributed by atoms with Crippen LogP contribution in [0.15, 0.2) is 35.3 Å². The number of benzene rings is 1. The van der Waals surface area contributed by atoms with Crippen molar-refractivity contribution in [3.05, 3.63) is 35.9 Å². The molecule has 0 saturated carbocycles. The largest absolute Gasteiger partial charge is 0.379 e. The highest BCUT2D eigenvalue weighted by molar-refractivity contribution is 5.79. The molecule has 1 aromatic rings. The Balaban J connectivity index is 1.55. The van der Waals surface area contributed by atoms with Crippen molar-refractivity contribution in [1.82, 2.24) is 10.6 Å². The summed E-state index contributed by atoms with van der Waals surface area (Å²) in [7, 11) is 0. The third kappa shape index (κ3) is 9.22. The normalized spacial score (nSPS) is 18.4. The molecule has 1 fully saturated rings. The van der Waals surface area contributed by atoms with Crippen molar-refractivity contribution in [2.24, 2.45) is 4.99 Å². The molecule has 6 nitrogen and oxygen atoms in total. The highest BCUT2D eigenvalue weighted by Gasteiger charge is 2.15. The maximum atomic E-state index is 5.90. The van der Waals surface area contributed by atoms with Crippen molar-refractivity contribution in [1.29, 1.82) is 0 Å². The fourth-order valence-electron chi connectivity index (χ4n) is 2.85. The Kier molecular flexibility index (Phi) is 10.9. The number of ether oxygens (including phenoxy) is 3. The third-order valence-electron chi connectivity index (χ3n) is 4.41. The number of nitrogens with zero attached hydrogens (tertiary/aromatic N) is 1. The van der Waals surface area contributed by atoms with Crippen LogP contribution in [-0.2, 0) is 14.2 Å². The molecule has 2 unspecified atom stereocenters. The topological polar surface area (TPSA) is 64.1 Å². The highest BCUT2D eigenvalue weighted by Crippen LogP contribution is 2.15. The van der Waals surface area contributed by atoms with E-state index in [2.05, 4.69) is 41.6 Å². The van der Waals surface area contributed by atoms with Crippen molar-refractivity contribution in [3.63, 3.8) is 0 Å². The smallest absolute Gasteiger partial charge is 0.191 e. The SMILES string of the molecule is CCNC(=NCCCOC1CCOC1)NCCCOC(C)c1ccccc1. The molecule has 27 heavy (non-hydrogen) atoms. The van der Waals surface area contributed by atoms with Gasteiger partial charge in [-0.25, -0.2) is 0 Å². The first-order chi connectivity index (χ1) is 13.3. The number of nitrogens with one attached hydrogen (secondary N) is 2. The molecule has 2 atom stereocenters. The van der Waals surface area contributed by atoms with Crippen LogP contribution in [0.3, 0.4) is 0 Å². The van der Waals surface area contributed by atoms with Gasteiger partial charge in [0.05, 0.1) is 18.8 Å². The Hall–Kier alpha value is -1.63. The van der Waals surface area contributed by atoms with Gasteiger partial charge < -0.3 is 24.8 Å². The van der Waals surface area contributed by atoms with Gasteiger partial charge in [0, 0.05) is 39.5 Å². The summed E-state index contributed by atoms with van der Waals surface area (Å²) in [6.07, 6.45) is 3.27. The van der Waals surface area contributed by atoms with E-state index in [-0.39, 0.29) is 12.2 Å². The summed E-state index contributed by atoms with van der Waals surface area (Å²) in [6.45, 7) is 9.63. The second kappa shape index (κ2) is 13.5. The molecular formula is C21H35N3O3. The Morgan fingerprint density at radius 2 is 2.07 bits per heavy atom. The standard InChI is InChI=1S/C21H35N3O3/c1-3-22-21(24-13-8-15-27-20-11-16-25-17-20)23-12-7-14-26-18(2)19-9-5-4-6-10-19/h4-6,9-10,18,20H,3,7-8,11-17H2,1-2H3,(H2,22,23,24). The Labute approximate surface area is 163 Å². The molecule has 2 N–H and O–H groups in total. The number of aliphatic imine (C=N–C) groups is 1. The zero-order valence-corrected chi connectivity index (χ0v) is 16.8. The van der Waals surface area contributed by atoms with E-state index in [0.29, 0.717) is 0 Å². The summed E-state index contributed by atoms with van der Waals surface area (Å²) >= 11 is 0. The quantitative estimate of drug-likeness (QED) is 0.333. The molecule has 0 aromatic heterocycles. The van der Waals surface area contributed by atoms with Crippen molar-refractivity contribution < 1.29 is 14.2 Å². The molecule has 1 aromatic carbocycles. The van der Waals surface area contributed by atoms with Crippen molar-refractivity contribution in [2.75, 3.05) is 46.1 Å². The summed E-state index contributed by atoms with van der Waals surface area (Å²) in [4.78, 5) is 4.60. The zero-order valence-electron chi connectivity index (χ0n) is 16.8. The van der Waals surface area contributed by atoms with Crippen LogP contribution in [0.25, 0.3) is 0 Å². The number of hydrogen-bond donors (Lipinski definition) is 2. The van der Waals surface area contributed by atoms with Crippen LogP contribution in [-0.4, -0.2) is 58.1 Å². The molecule has 0 aliphatic carbocycles. The Morgan fingerprint density at radius 3 is 2.81 bits per heavy atom. The first-order valence-corrected chi connectivity index (χ1v) is 10.2. The maximum absolute atomic E-state index is 5.90. The lowest BCUT2D eigenvalue weighted by atomic mass is 10.1. The van der Waals surface area contributed by atoms with Crippen LogP contribution in [0.2, 0.25) is 0 Å². The third-order valence-corrected chi connectivity index (χ3v) is 4.41. The lowest BCUT2D eigenvalue weighted by molar-refractivity contribution is 0.0424. The summed E-state index contributed by atoms with van der Waals surface area (Å²) in [6, 6.07) is 10.3. The lowest BCUT2D eigenvalue weighted by Gasteiger charge is -2.15. The molecule has 0 amide bonds. The number of rotatable bonds is 12. The Bertz CT molecular complexity index is 519. The van der Waals surface area contributed by atoms with Gasteiger partial charge in [0.2, 0.25) is 0 Å². The molecule has 6 heteroatoms. The fraction of sp³-hybridized carbons (Fsp3) is 0.667. The van der Waals surface area contributed by atoms with Crippen molar-refractivity contribution in [2.45, 2.75) is 45.3 Å². The summed E-state index contributed by atoms with van der Waals surface area (Å²) in [5.41, 5.74) is 1.21. The van der Waals surface area contributed by atoms with Gasteiger partial charge in [0.1, 0.15) is 0 Å². The lowest BCUT2D eigenvalue weighted by Crippen LogP contribution is -2.38. The van der Waals surface area contributed by atoms with Crippen LogP contribution in [0, 0.1) is 0 Å². The van der Waals surface area contributed by atoms with E-state index in [9.17, 15) is 0 Å².